The Morgan fingerprint density at radius 3 is 2.62 bits per heavy atom. The highest BCUT2D eigenvalue weighted by atomic mass is 32.2. The maximum absolute atomic E-state index is 12.6. The number of sulfone groups is 1. The molecule has 0 unspecified atom stereocenters. The van der Waals surface area contributed by atoms with Gasteiger partial charge in [-0.1, -0.05) is 23.9 Å². The van der Waals surface area contributed by atoms with E-state index in [0.717, 1.165) is 4.31 Å². The van der Waals surface area contributed by atoms with Crippen LogP contribution in [0, 0.1) is 5.92 Å². The first-order chi connectivity index (χ1) is 13.7. The van der Waals surface area contributed by atoms with Crippen molar-refractivity contribution in [3.63, 3.8) is 0 Å². The molecule has 1 aromatic heterocycles. The third kappa shape index (κ3) is 3.80. The highest BCUT2D eigenvalue weighted by Crippen LogP contribution is 2.30. The molecule has 3 heterocycles. The number of amides is 1. The number of nitrogens with zero attached hydrogens (tertiary/aromatic N) is 4. The van der Waals surface area contributed by atoms with Crippen molar-refractivity contribution in [3.05, 3.63) is 35.7 Å². The maximum Gasteiger partial charge on any atom is 0.269 e. The summed E-state index contributed by atoms with van der Waals surface area (Å²) in [6, 6.07) is 6.19. The highest BCUT2D eigenvalue weighted by Gasteiger charge is 2.40. The molecule has 1 fully saturated rings. The number of hydrogen-bond donors (Lipinski definition) is 0. The summed E-state index contributed by atoms with van der Waals surface area (Å²) >= 11 is 1.31. The van der Waals surface area contributed by atoms with Crippen LogP contribution in [0.1, 0.15) is 22.6 Å². The number of carbonyl (C=O) groups is 1. The fraction of sp³-hybridized carbons (Fsp3) is 0.471. The molecule has 2 aliphatic heterocycles. The molecular weight excluding hydrogens is 436 g/mol. The molecule has 9 nitrogen and oxygen atoms in total. The first-order valence-electron chi connectivity index (χ1n) is 9.06. The van der Waals surface area contributed by atoms with Crippen molar-refractivity contribution < 1.29 is 21.6 Å². The first kappa shape index (κ1) is 20.4. The lowest BCUT2D eigenvalue weighted by atomic mass is 10.1. The number of sulfonamides is 1. The van der Waals surface area contributed by atoms with Crippen LogP contribution in [0.15, 0.2) is 34.3 Å². The molecule has 1 atom stereocenters. The molecule has 1 amide bonds. The van der Waals surface area contributed by atoms with E-state index in [4.69, 9.17) is 0 Å². The summed E-state index contributed by atoms with van der Waals surface area (Å²) in [6.07, 6.45) is 1.17. The molecule has 156 valence electrons. The fourth-order valence-corrected chi connectivity index (χ4v) is 8.01. The number of benzene rings is 1. The molecular formula is C17H20N4O5S3. The van der Waals surface area contributed by atoms with Gasteiger partial charge in [-0.2, -0.15) is 0 Å². The van der Waals surface area contributed by atoms with Crippen molar-refractivity contribution in [2.24, 2.45) is 13.0 Å². The van der Waals surface area contributed by atoms with Gasteiger partial charge in [0.2, 0.25) is 0 Å². The molecule has 0 saturated carbocycles. The Balaban J connectivity index is 1.38. The zero-order valence-electron chi connectivity index (χ0n) is 15.7. The standard InChI is InChI=1S/C17H20N4O5S3/c1-20-15(10-12-6-9-28(23,24)11-12)18-19-17(20)27-8-7-21-16(22)13-4-2-3-5-14(13)29(21,25)26/h2-5,12H,6-11H2,1H3/t12-/m1/s1. The van der Waals surface area contributed by atoms with Gasteiger partial charge in [-0.3, -0.25) is 4.79 Å². The summed E-state index contributed by atoms with van der Waals surface area (Å²) in [5.41, 5.74) is 0.199. The van der Waals surface area contributed by atoms with Crippen LogP contribution in [0.5, 0.6) is 0 Å². The van der Waals surface area contributed by atoms with Crippen LogP contribution in [0.3, 0.4) is 0 Å². The average molecular weight is 457 g/mol. The van der Waals surface area contributed by atoms with Gasteiger partial charge < -0.3 is 4.57 Å². The predicted octanol–water partition coefficient (Wildman–Crippen LogP) is 0.729. The van der Waals surface area contributed by atoms with Gasteiger partial charge >= 0.3 is 0 Å². The van der Waals surface area contributed by atoms with Crippen LogP contribution in [-0.2, 0) is 33.3 Å². The van der Waals surface area contributed by atoms with Gasteiger partial charge in [-0.25, -0.2) is 21.1 Å². The van der Waals surface area contributed by atoms with Gasteiger partial charge in [0.15, 0.2) is 15.0 Å². The van der Waals surface area contributed by atoms with Crippen molar-refractivity contribution in [3.8, 4) is 0 Å². The Bertz CT molecular complexity index is 1170. The van der Waals surface area contributed by atoms with Crippen molar-refractivity contribution in [1.82, 2.24) is 19.1 Å². The summed E-state index contributed by atoms with van der Waals surface area (Å²) < 4.78 is 51.1. The van der Waals surface area contributed by atoms with Gasteiger partial charge in [-0.15, -0.1) is 10.2 Å². The average Bonchev–Trinajstić information content (AvgIpc) is 3.25. The molecule has 2 aliphatic rings. The van der Waals surface area contributed by atoms with Crippen molar-refractivity contribution in [2.75, 3.05) is 23.8 Å². The Morgan fingerprint density at radius 2 is 1.93 bits per heavy atom. The molecule has 29 heavy (non-hydrogen) atoms. The number of thioether (sulfide) groups is 1. The smallest absolute Gasteiger partial charge is 0.269 e. The van der Waals surface area contributed by atoms with Crippen LogP contribution in [-0.4, -0.2) is 65.6 Å². The van der Waals surface area contributed by atoms with E-state index < -0.39 is 25.8 Å². The van der Waals surface area contributed by atoms with Crippen molar-refractivity contribution in [1.29, 1.82) is 0 Å². The third-order valence-electron chi connectivity index (χ3n) is 5.16. The monoisotopic (exact) mass is 456 g/mol. The summed E-state index contributed by atoms with van der Waals surface area (Å²) in [6.45, 7) is 0.0313. The quantitative estimate of drug-likeness (QED) is 0.584. The number of carbonyl (C=O) groups excluding carboxylic acids is 1. The van der Waals surface area contributed by atoms with E-state index in [1.807, 2.05) is 0 Å². The predicted molar refractivity (Wildman–Crippen MR) is 107 cm³/mol. The first-order valence-corrected chi connectivity index (χ1v) is 13.3. The van der Waals surface area contributed by atoms with Gasteiger partial charge in [0, 0.05) is 25.8 Å². The molecule has 0 spiro atoms. The van der Waals surface area contributed by atoms with E-state index in [0.29, 0.717) is 29.6 Å². The lowest BCUT2D eigenvalue weighted by molar-refractivity contribution is 0.0876. The number of aromatic nitrogens is 3. The highest BCUT2D eigenvalue weighted by molar-refractivity contribution is 7.99. The topological polar surface area (TPSA) is 119 Å². The lowest BCUT2D eigenvalue weighted by Crippen LogP contribution is -2.32. The summed E-state index contributed by atoms with van der Waals surface area (Å²) in [4.78, 5) is 12.5. The van der Waals surface area contributed by atoms with E-state index >= 15 is 0 Å². The normalized spacial score (nSPS) is 22.2. The third-order valence-corrected chi connectivity index (χ3v) is 9.84. The Kier molecular flexibility index (Phi) is 5.20. The van der Waals surface area contributed by atoms with E-state index in [9.17, 15) is 21.6 Å². The minimum absolute atomic E-state index is 0.0313. The second-order valence-electron chi connectivity index (χ2n) is 7.16. The Labute approximate surface area is 173 Å². The summed E-state index contributed by atoms with van der Waals surface area (Å²) in [5.74, 6) is 0.971. The molecule has 1 saturated heterocycles. The molecule has 0 N–H and O–H groups in total. The number of fused-ring (bicyclic) bond motifs is 1. The van der Waals surface area contributed by atoms with Gasteiger partial charge in [0.1, 0.15) is 10.7 Å². The Morgan fingerprint density at radius 1 is 1.17 bits per heavy atom. The number of rotatable bonds is 6. The van der Waals surface area contributed by atoms with Gasteiger partial charge in [-0.05, 0) is 24.5 Å². The SMILES string of the molecule is Cn1c(C[C@H]2CCS(=O)(=O)C2)nnc1SCCN1C(=O)c2ccccc2S1(=O)=O. The van der Waals surface area contributed by atoms with Crippen LogP contribution in [0.2, 0.25) is 0 Å². The van der Waals surface area contributed by atoms with E-state index in [1.165, 1.54) is 23.9 Å². The zero-order chi connectivity index (χ0) is 20.8. The summed E-state index contributed by atoms with van der Waals surface area (Å²) in [7, 11) is -4.95. The fourth-order valence-electron chi connectivity index (χ4n) is 3.61. The maximum atomic E-state index is 12.6. The molecule has 2 aromatic rings. The number of hydrogen-bond acceptors (Lipinski definition) is 8. The van der Waals surface area contributed by atoms with E-state index in [1.54, 1.807) is 23.7 Å². The van der Waals surface area contributed by atoms with Crippen molar-refractivity contribution >= 4 is 37.5 Å². The van der Waals surface area contributed by atoms with Crippen molar-refractivity contribution in [2.45, 2.75) is 22.9 Å². The molecule has 1 aromatic carbocycles. The molecule has 0 bridgehead atoms. The molecule has 0 aliphatic carbocycles. The lowest BCUT2D eigenvalue weighted by Gasteiger charge is -2.14. The zero-order valence-corrected chi connectivity index (χ0v) is 18.1. The van der Waals surface area contributed by atoms with Crippen LogP contribution < -0.4 is 0 Å². The second kappa shape index (κ2) is 7.40. The van der Waals surface area contributed by atoms with Gasteiger partial charge in [0.25, 0.3) is 15.9 Å². The van der Waals surface area contributed by atoms with E-state index in [-0.39, 0.29) is 34.4 Å². The van der Waals surface area contributed by atoms with Crippen LogP contribution in [0.25, 0.3) is 0 Å². The molecule has 4 rings (SSSR count). The van der Waals surface area contributed by atoms with Gasteiger partial charge in [0.05, 0.1) is 17.1 Å². The second-order valence-corrected chi connectivity index (χ2v) is 12.3. The molecule has 0 radical (unpaired) electrons. The minimum atomic E-state index is -3.81. The van der Waals surface area contributed by atoms with Crippen LogP contribution >= 0.6 is 11.8 Å². The summed E-state index contributed by atoms with van der Waals surface area (Å²) in [5, 5.41) is 8.88. The minimum Gasteiger partial charge on any atom is -0.309 e. The largest absolute Gasteiger partial charge is 0.309 e. The Hall–Kier alpha value is -1.92. The van der Waals surface area contributed by atoms with E-state index in [2.05, 4.69) is 10.2 Å². The molecule has 12 heteroatoms. The van der Waals surface area contributed by atoms with Crippen LogP contribution in [0.4, 0.5) is 0 Å².